The maximum Gasteiger partial charge on any atom is 0.278 e. The van der Waals surface area contributed by atoms with Crippen molar-refractivity contribution in [1.82, 2.24) is 24.3 Å². The Hall–Kier alpha value is -1.67. The number of thioether (sulfide) groups is 1. The summed E-state index contributed by atoms with van der Waals surface area (Å²) in [4.78, 5) is 25.8. The van der Waals surface area contributed by atoms with Gasteiger partial charge in [-0.15, -0.1) is 0 Å². The van der Waals surface area contributed by atoms with Gasteiger partial charge in [-0.25, -0.2) is 24.3 Å². The molecule has 0 aliphatic rings. The average molecular weight is 380 g/mol. The number of rotatable bonds is 3. The van der Waals surface area contributed by atoms with E-state index in [1.54, 1.807) is 15.6 Å². The number of nitrogens with zero attached hydrogens (tertiary/aromatic N) is 5. The van der Waals surface area contributed by atoms with E-state index in [0.717, 1.165) is 0 Å². The fraction of sp³-hybridized carbons (Fsp3) is 0.286. The zero-order chi connectivity index (χ0) is 15.9. The van der Waals surface area contributed by atoms with Gasteiger partial charge in [-0.2, -0.15) is 0 Å². The minimum atomic E-state index is -0.112. The second kappa shape index (κ2) is 5.85. The Morgan fingerprint density at radius 1 is 1.27 bits per heavy atom. The van der Waals surface area contributed by atoms with Crippen molar-refractivity contribution in [3.8, 4) is 5.82 Å². The van der Waals surface area contributed by atoms with Gasteiger partial charge in [0.15, 0.2) is 16.6 Å². The van der Waals surface area contributed by atoms with Crippen molar-refractivity contribution >= 4 is 38.7 Å². The van der Waals surface area contributed by atoms with Crippen molar-refractivity contribution in [2.75, 3.05) is 6.26 Å². The van der Waals surface area contributed by atoms with Gasteiger partial charge >= 0.3 is 0 Å². The lowest BCUT2D eigenvalue weighted by molar-refractivity contribution is 0.471. The van der Waals surface area contributed by atoms with Crippen LogP contribution >= 0.6 is 27.7 Å². The van der Waals surface area contributed by atoms with Gasteiger partial charge in [-0.1, -0.05) is 17.8 Å². The van der Waals surface area contributed by atoms with E-state index in [0.29, 0.717) is 26.6 Å². The highest BCUT2D eigenvalue weighted by Crippen LogP contribution is 2.20. The summed E-state index contributed by atoms with van der Waals surface area (Å²) in [5, 5.41) is 1.12. The molecule has 0 aliphatic heterocycles. The fourth-order valence-electron chi connectivity index (χ4n) is 2.28. The Kier molecular flexibility index (Phi) is 4.05. The summed E-state index contributed by atoms with van der Waals surface area (Å²) in [6.07, 6.45) is 3.49. The molecule has 6 nitrogen and oxygen atoms in total. The van der Waals surface area contributed by atoms with E-state index >= 15 is 0 Å². The third-order valence-corrected chi connectivity index (χ3v) is 4.19. The number of aromatic nitrogens is 5. The summed E-state index contributed by atoms with van der Waals surface area (Å²) in [7, 11) is 0. The van der Waals surface area contributed by atoms with Crippen LogP contribution in [-0.2, 0) is 0 Å². The highest BCUT2D eigenvalue weighted by molar-refractivity contribution is 9.10. The third-order valence-electron chi connectivity index (χ3n) is 3.19. The summed E-state index contributed by atoms with van der Waals surface area (Å²) in [6, 6.07) is 5.54. The molecule has 3 heterocycles. The van der Waals surface area contributed by atoms with Crippen LogP contribution in [0, 0.1) is 0 Å². The van der Waals surface area contributed by atoms with Crippen LogP contribution in [0.4, 0.5) is 0 Å². The Morgan fingerprint density at radius 3 is 2.68 bits per heavy atom. The summed E-state index contributed by atoms with van der Waals surface area (Å²) in [5.41, 5.74) is 0.461. The van der Waals surface area contributed by atoms with Crippen LogP contribution in [0.25, 0.3) is 16.9 Å². The molecule has 0 spiro atoms. The van der Waals surface area contributed by atoms with Crippen molar-refractivity contribution in [3.05, 3.63) is 39.4 Å². The zero-order valence-electron chi connectivity index (χ0n) is 12.3. The van der Waals surface area contributed by atoms with Crippen molar-refractivity contribution in [1.29, 1.82) is 0 Å². The predicted octanol–water partition coefficient (Wildman–Crippen LogP) is 3.04. The molecule has 114 valence electrons. The second-order valence-electron chi connectivity index (χ2n) is 4.97. The summed E-state index contributed by atoms with van der Waals surface area (Å²) < 4.78 is 4.11. The lowest BCUT2D eigenvalue weighted by Crippen LogP contribution is -2.24. The van der Waals surface area contributed by atoms with Crippen molar-refractivity contribution in [2.24, 2.45) is 0 Å². The van der Waals surface area contributed by atoms with Crippen LogP contribution in [0.1, 0.15) is 19.9 Å². The zero-order valence-corrected chi connectivity index (χ0v) is 14.7. The van der Waals surface area contributed by atoms with Crippen molar-refractivity contribution < 1.29 is 0 Å². The number of fused-ring (bicyclic) bond motifs is 1. The highest BCUT2D eigenvalue weighted by Gasteiger charge is 2.19. The molecule has 0 aliphatic carbocycles. The molecule has 0 unspecified atom stereocenters. The monoisotopic (exact) mass is 379 g/mol. The number of hydrogen-bond acceptors (Lipinski definition) is 5. The van der Waals surface area contributed by atoms with Crippen LogP contribution < -0.4 is 5.56 Å². The van der Waals surface area contributed by atoms with E-state index < -0.39 is 0 Å². The second-order valence-corrected chi connectivity index (χ2v) is 6.55. The van der Waals surface area contributed by atoms with Gasteiger partial charge in [0.25, 0.3) is 5.56 Å². The molecule has 0 saturated carbocycles. The molecular formula is C14H14BrN5OS. The normalized spacial score (nSPS) is 11.5. The molecule has 0 radical (unpaired) electrons. The lowest BCUT2D eigenvalue weighted by Gasteiger charge is -2.14. The first-order valence-electron chi connectivity index (χ1n) is 6.70. The molecule has 0 saturated heterocycles. The first kappa shape index (κ1) is 15.2. The Balaban J connectivity index is 2.44. The molecule has 0 atom stereocenters. The van der Waals surface area contributed by atoms with Gasteiger partial charge in [0.05, 0.1) is 0 Å². The molecule has 3 rings (SSSR count). The van der Waals surface area contributed by atoms with E-state index in [1.807, 2.05) is 38.3 Å². The molecule has 22 heavy (non-hydrogen) atoms. The summed E-state index contributed by atoms with van der Waals surface area (Å²) in [6.45, 7) is 3.91. The van der Waals surface area contributed by atoms with E-state index in [1.165, 1.54) is 11.8 Å². The number of hydrogen-bond donors (Lipinski definition) is 0. The molecule has 8 heteroatoms. The lowest BCUT2D eigenvalue weighted by atomic mass is 10.4. The Morgan fingerprint density at radius 2 is 2.05 bits per heavy atom. The topological polar surface area (TPSA) is 65.6 Å². The molecule has 0 N–H and O–H groups in total. The first-order valence-corrected chi connectivity index (χ1v) is 8.72. The molecular weight excluding hydrogens is 366 g/mol. The van der Waals surface area contributed by atoms with E-state index in [-0.39, 0.29) is 11.6 Å². The van der Waals surface area contributed by atoms with E-state index in [2.05, 4.69) is 30.9 Å². The maximum absolute atomic E-state index is 12.7. The quantitative estimate of drug-likeness (QED) is 0.397. The number of pyridine rings is 1. The largest absolute Gasteiger partial charge is 0.278 e. The summed E-state index contributed by atoms with van der Waals surface area (Å²) >= 11 is 4.81. The van der Waals surface area contributed by atoms with Crippen LogP contribution in [0.2, 0.25) is 0 Å². The van der Waals surface area contributed by atoms with Crippen LogP contribution in [0.15, 0.2) is 39.0 Å². The molecule has 0 fully saturated rings. The average Bonchev–Trinajstić information content (AvgIpc) is 2.79. The molecule has 0 aromatic carbocycles. The van der Waals surface area contributed by atoms with Gasteiger partial charge < -0.3 is 0 Å². The van der Waals surface area contributed by atoms with Crippen LogP contribution in [-0.4, -0.2) is 30.6 Å². The minimum absolute atomic E-state index is 0.0276. The van der Waals surface area contributed by atoms with Crippen molar-refractivity contribution in [3.63, 3.8) is 0 Å². The van der Waals surface area contributed by atoms with Gasteiger partial charge in [0.1, 0.15) is 9.99 Å². The minimum Gasteiger partial charge on any atom is -0.267 e. The predicted molar refractivity (Wildman–Crippen MR) is 90.8 cm³/mol. The highest BCUT2D eigenvalue weighted by atomic mass is 79.9. The first-order chi connectivity index (χ1) is 10.5. The molecule has 0 bridgehead atoms. The Bertz CT molecular complexity index is 902. The maximum atomic E-state index is 12.7. The fourth-order valence-corrected chi connectivity index (χ4v) is 2.95. The van der Waals surface area contributed by atoms with Crippen LogP contribution in [0.5, 0.6) is 0 Å². The van der Waals surface area contributed by atoms with E-state index in [4.69, 9.17) is 0 Å². The van der Waals surface area contributed by atoms with Gasteiger partial charge in [0.2, 0.25) is 0 Å². The molecule has 3 aromatic rings. The van der Waals surface area contributed by atoms with Crippen molar-refractivity contribution in [2.45, 2.75) is 25.0 Å². The van der Waals surface area contributed by atoms with Crippen LogP contribution in [0.3, 0.4) is 0 Å². The number of halogens is 1. The SMILES string of the molecule is CSc1ncc2c(=O)n(C(C)C)n(-c3cccc(Br)n3)c2n1. The molecule has 3 aromatic heterocycles. The Labute approximate surface area is 139 Å². The third kappa shape index (κ3) is 2.46. The van der Waals surface area contributed by atoms with Gasteiger partial charge in [0, 0.05) is 12.2 Å². The summed E-state index contributed by atoms with van der Waals surface area (Å²) in [5.74, 6) is 0.640. The van der Waals surface area contributed by atoms with Gasteiger partial charge in [-0.3, -0.25) is 4.79 Å². The van der Waals surface area contributed by atoms with Gasteiger partial charge in [-0.05, 0) is 48.2 Å². The standard InChI is InChI=1S/C14H14BrN5OS/c1-8(2)19-13(21)9-7-16-14(22-3)18-12(9)20(19)11-6-4-5-10(15)17-11/h4-8H,1-3H3. The van der Waals surface area contributed by atoms with E-state index in [9.17, 15) is 4.79 Å². The smallest absolute Gasteiger partial charge is 0.267 e. The molecule has 0 amide bonds.